The van der Waals surface area contributed by atoms with Gasteiger partial charge in [-0.15, -0.1) is 0 Å². The minimum Gasteiger partial charge on any atom is -0.497 e. The van der Waals surface area contributed by atoms with E-state index in [4.69, 9.17) is 14.2 Å². The zero-order valence-electron chi connectivity index (χ0n) is 16.9. The molecule has 28 heavy (non-hydrogen) atoms. The second-order valence-electron chi connectivity index (χ2n) is 7.25. The zero-order valence-corrected chi connectivity index (χ0v) is 16.9. The van der Waals surface area contributed by atoms with E-state index in [1.54, 1.807) is 14.2 Å². The maximum absolute atomic E-state index is 12.5. The molecule has 0 spiro atoms. The largest absolute Gasteiger partial charge is 0.497 e. The highest BCUT2D eigenvalue weighted by Crippen LogP contribution is 2.45. The van der Waals surface area contributed by atoms with Gasteiger partial charge in [-0.3, -0.25) is 4.79 Å². The molecule has 150 valence electrons. The standard InChI is InChI=1S/C23H29NO4/c1-16-14-18(6-11-22(16)27-3)21(17-4-5-17)15-23(25)24-12-13-28-20-9-7-19(26-2)8-10-20/h6-11,14,17,21H,4-5,12-13,15H2,1-3H3,(H,24,25). The van der Waals surface area contributed by atoms with Crippen LogP contribution in [0.25, 0.3) is 0 Å². The number of carbonyl (C=O) groups excluding carboxylic acids is 1. The first-order chi connectivity index (χ1) is 13.6. The van der Waals surface area contributed by atoms with Gasteiger partial charge in [0.15, 0.2) is 0 Å². The molecule has 0 radical (unpaired) electrons. The number of aryl methyl sites for hydroxylation is 1. The summed E-state index contributed by atoms with van der Waals surface area (Å²) in [7, 11) is 3.31. The summed E-state index contributed by atoms with van der Waals surface area (Å²) >= 11 is 0. The summed E-state index contributed by atoms with van der Waals surface area (Å²) in [5.41, 5.74) is 2.34. The molecule has 3 rings (SSSR count). The van der Waals surface area contributed by atoms with E-state index in [1.807, 2.05) is 37.3 Å². The van der Waals surface area contributed by atoms with Crippen LogP contribution in [0.1, 0.15) is 36.3 Å². The molecule has 1 N–H and O–H groups in total. The van der Waals surface area contributed by atoms with Gasteiger partial charge in [0.1, 0.15) is 23.9 Å². The lowest BCUT2D eigenvalue weighted by molar-refractivity contribution is -0.121. The highest BCUT2D eigenvalue weighted by molar-refractivity contribution is 5.77. The Morgan fingerprint density at radius 3 is 2.39 bits per heavy atom. The molecule has 0 heterocycles. The molecule has 2 aromatic rings. The van der Waals surface area contributed by atoms with Gasteiger partial charge in [-0.1, -0.05) is 12.1 Å². The van der Waals surface area contributed by atoms with E-state index in [1.165, 1.54) is 18.4 Å². The maximum atomic E-state index is 12.5. The van der Waals surface area contributed by atoms with Crippen LogP contribution in [0.2, 0.25) is 0 Å². The summed E-state index contributed by atoms with van der Waals surface area (Å²) in [5.74, 6) is 3.39. The SMILES string of the molecule is COc1ccc(OCCNC(=O)CC(c2ccc(OC)c(C)c2)C2CC2)cc1. The van der Waals surface area contributed by atoms with Gasteiger partial charge in [0.25, 0.3) is 0 Å². The van der Waals surface area contributed by atoms with Crippen LogP contribution in [0.5, 0.6) is 17.2 Å². The highest BCUT2D eigenvalue weighted by Gasteiger charge is 2.33. The van der Waals surface area contributed by atoms with Gasteiger partial charge in [0, 0.05) is 6.42 Å². The second-order valence-corrected chi connectivity index (χ2v) is 7.25. The molecule has 0 aliphatic heterocycles. The number of rotatable bonds is 10. The maximum Gasteiger partial charge on any atom is 0.220 e. The predicted molar refractivity (Wildman–Crippen MR) is 109 cm³/mol. The molecule has 1 amide bonds. The Balaban J connectivity index is 1.47. The molecule has 1 aliphatic carbocycles. The van der Waals surface area contributed by atoms with E-state index in [-0.39, 0.29) is 11.8 Å². The monoisotopic (exact) mass is 383 g/mol. The van der Waals surface area contributed by atoms with Crippen molar-refractivity contribution in [2.24, 2.45) is 5.92 Å². The van der Waals surface area contributed by atoms with Crippen LogP contribution < -0.4 is 19.5 Å². The van der Waals surface area contributed by atoms with E-state index in [0.717, 1.165) is 22.8 Å². The Hall–Kier alpha value is -2.69. The Morgan fingerprint density at radius 1 is 1.07 bits per heavy atom. The van der Waals surface area contributed by atoms with Gasteiger partial charge in [0.05, 0.1) is 20.8 Å². The van der Waals surface area contributed by atoms with Gasteiger partial charge in [-0.2, -0.15) is 0 Å². The first-order valence-electron chi connectivity index (χ1n) is 9.78. The Bertz CT molecular complexity index is 784. The van der Waals surface area contributed by atoms with Crippen LogP contribution >= 0.6 is 0 Å². The third-order valence-electron chi connectivity index (χ3n) is 5.20. The van der Waals surface area contributed by atoms with E-state index in [0.29, 0.717) is 25.5 Å². The number of amides is 1. The molecular weight excluding hydrogens is 354 g/mol. The Kier molecular flexibility index (Phi) is 6.80. The number of carbonyl (C=O) groups is 1. The van der Waals surface area contributed by atoms with Crippen molar-refractivity contribution in [3.05, 3.63) is 53.6 Å². The lowest BCUT2D eigenvalue weighted by atomic mass is 9.89. The van der Waals surface area contributed by atoms with Crippen molar-refractivity contribution in [2.45, 2.75) is 32.1 Å². The number of hydrogen-bond donors (Lipinski definition) is 1. The van der Waals surface area contributed by atoms with Crippen molar-refractivity contribution in [3.63, 3.8) is 0 Å². The molecule has 0 saturated heterocycles. The van der Waals surface area contributed by atoms with Gasteiger partial charge >= 0.3 is 0 Å². The van der Waals surface area contributed by atoms with Crippen molar-refractivity contribution < 1.29 is 19.0 Å². The number of ether oxygens (including phenoxy) is 3. The molecule has 1 atom stereocenters. The molecular formula is C23H29NO4. The number of methoxy groups -OCH3 is 2. The quantitative estimate of drug-likeness (QED) is 0.628. The van der Waals surface area contributed by atoms with Gasteiger partial charge < -0.3 is 19.5 Å². The third kappa shape index (κ3) is 5.41. The fraction of sp³-hybridized carbons (Fsp3) is 0.435. The highest BCUT2D eigenvalue weighted by atomic mass is 16.5. The average Bonchev–Trinajstić information content (AvgIpc) is 3.55. The fourth-order valence-corrected chi connectivity index (χ4v) is 3.49. The smallest absolute Gasteiger partial charge is 0.220 e. The van der Waals surface area contributed by atoms with E-state index in [2.05, 4.69) is 17.4 Å². The number of benzene rings is 2. The molecule has 0 bridgehead atoms. The first kappa shape index (κ1) is 20.1. The fourth-order valence-electron chi connectivity index (χ4n) is 3.49. The van der Waals surface area contributed by atoms with Crippen LogP contribution in [0, 0.1) is 12.8 Å². The van der Waals surface area contributed by atoms with Crippen molar-refractivity contribution in [2.75, 3.05) is 27.4 Å². The minimum absolute atomic E-state index is 0.0729. The summed E-state index contributed by atoms with van der Waals surface area (Å²) in [4.78, 5) is 12.5. The summed E-state index contributed by atoms with van der Waals surface area (Å²) < 4.78 is 16.1. The van der Waals surface area contributed by atoms with Crippen LogP contribution in [-0.4, -0.2) is 33.3 Å². The van der Waals surface area contributed by atoms with Gasteiger partial charge in [0.2, 0.25) is 5.91 Å². The summed E-state index contributed by atoms with van der Waals surface area (Å²) in [6, 6.07) is 13.7. The summed E-state index contributed by atoms with van der Waals surface area (Å²) in [5, 5.41) is 2.98. The van der Waals surface area contributed by atoms with Crippen LogP contribution in [0.3, 0.4) is 0 Å². The van der Waals surface area contributed by atoms with Gasteiger partial charge in [-0.25, -0.2) is 0 Å². The molecule has 1 saturated carbocycles. The summed E-state index contributed by atoms with van der Waals surface area (Å²) in [6.07, 6.45) is 2.91. The van der Waals surface area contributed by atoms with Crippen molar-refractivity contribution in [1.82, 2.24) is 5.32 Å². The van der Waals surface area contributed by atoms with Crippen LogP contribution in [-0.2, 0) is 4.79 Å². The average molecular weight is 383 g/mol. The van der Waals surface area contributed by atoms with E-state index >= 15 is 0 Å². The van der Waals surface area contributed by atoms with Crippen LogP contribution in [0.4, 0.5) is 0 Å². The topological polar surface area (TPSA) is 56.8 Å². The molecule has 5 nitrogen and oxygen atoms in total. The zero-order chi connectivity index (χ0) is 19.9. The Labute approximate surface area is 167 Å². The van der Waals surface area contributed by atoms with Crippen molar-refractivity contribution >= 4 is 5.91 Å². The van der Waals surface area contributed by atoms with Crippen molar-refractivity contribution in [1.29, 1.82) is 0 Å². The molecule has 2 aromatic carbocycles. The normalized spacial score (nSPS) is 14.2. The Morgan fingerprint density at radius 2 is 1.79 bits per heavy atom. The predicted octanol–water partition coefficient (Wildman–Crippen LogP) is 4.09. The van der Waals surface area contributed by atoms with E-state index in [9.17, 15) is 4.79 Å². The molecule has 0 aromatic heterocycles. The molecule has 1 unspecified atom stereocenters. The van der Waals surface area contributed by atoms with Crippen LogP contribution in [0.15, 0.2) is 42.5 Å². The minimum atomic E-state index is 0.0729. The molecule has 1 fully saturated rings. The van der Waals surface area contributed by atoms with Gasteiger partial charge in [-0.05, 0) is 73.1 Å². The lowest BCUT2D eigenvalue weighted by Gasteiger charge is -2.18. The molecule has 1 aliphatic rings. The molecule has 5 heteroatoms. The number of nitrogens with one attached hydrogen (secondary N) is 1. The number of hydrogen-bond acceptors (Lipinski definition) is 4. The first-order valence-corrected chi connectivity index (χ1v) is 9.78. The summed E-state index contributed by atoms with van der Waals surface area (Å²) in [6.45, 7) is 2.97. The van der Waals surface area contributed by atoms with E-state index < -0.39 is 0 Å². The lowest BCUT2D eigenvalue weighted by Crippen LogP contribution is -2.29. The third-order valence-corrected chi connectivity index (χ3v) is 5.20. The van der Waals surface area contributed by atoms with Crippen molar-refractivity contribution in [3.8, 4) is 17.2 Å². The second kappa shape index (κ2) is 9.49.